The number of aromatic nitrogens is 1. The van der Waals surface area contributed by atoms with Crippen LogP contribution < -0.4 is 5.32 Å². The average Bonchev–Trinajstić information content (AvgIpc) is 2.83. The zero-order chi connectivity index (χ0) is 16.2. The van der Waals surface area contributed by atoms with Gasteiger partial charge < -0.3 is 10.2 Å². The zero-order valence-corrected chi connectivity index (χ0v) is 15.0. The average molecular weight is 324 g/mol. The normalized spacial score (nSPS) is 18.2. The van der Waals surface area contributed by atoms with E-state index in [1.54, 1.807) is 11.3 Å². The summed E-state index contributed by atoms with van der Waals surface area (Å²) >= 11 is 1.62. The fraction of sp³-hybridized carbons (Fsp3) is 0.750. The molecule has 1 aliphatic rings. The number of carbonyl (C=O) groups excluding carboxylic acids is 1. The Balaban J connectivity index is 1.76. The molecule has 1 aromatic heterocycles. The van der Waals surface area contributed by atoms with E-state index in [2.05, 4.69) is 53.3 Å². The predicted octanol–water partition coefficient (Wildman–Crippen LogP) is 1.69. The van der Waals surface area contributed by atoms with Crippen LogP contribution in [0.2, 0.25) is 0 Å². The molecular formula is C16H28N4OS. The van der Waals surface area contributed by atoms with Gasteiger partial charge in [0.2, 0.25) is 5.91 Å². The van der Waals surface area contributed by atoms with Crippen LogP contribution in [0, 0.1) is 0 Å². The van der Waals surface area contributed by atoms with Gasteiger partial charge in [-0.25, -0.2) is 4.98 Å². The van der Waals surface area contributed by atoms with Crippen molar-refractivity contribution in [1.29, 1.82) is 0 Å². The molecule has 0 aromatic carbocycles. The maximum Gasteiger partial charge on any atom is 0.234 e. The third-order valence-electron chi connectivity index (χ3n) is 3.94. The van der Waals surface area contributed by atoms with E-state index in [1.165, 1.54) is 0 Å². The second-order valence-electron chi connectivity index (χ2n) is 7.09. The van der Waals surface area contributed by atoms with E-state index < -0.39 is 0 Å². The number of carbonyl (C=O) groups is 1. The van der Waals surface area contributed by atoms with Crippen molar-refractivity contribution in [2.24, 2.45) is 0 Å². The summed E-state index contributed by atoms with van der Waals surface area (Å²) in [6.07, 6.45) is 1.13. The zero-order valence-electron chi connectivity index (χ0n) is 14.2. The van der Waals surface area contributed by atoms with Crippen LogP contribution in [0.5, 0.6) is 0 Å². The second kappa shape index (κ2) is 7.53. The number of hydrogen-bond donors (Lipinski definition) is 1. The van der Waals surface area contributed by atoms with Gasteiger partial charge in [0.05, 0.1) is 18.8 Å². The number of hydrogen-bond acceptors (Lipinski definition) is 5. The van der Waals surface area contributed by atoms with Crippen molar-refractivity contribution in [1.82, 2.24) is 20.1 Å². The van der Waals surface area contributed by atoms with Crippen LogP contribution >= 0.6 is 11.3 Å². The monoisotopic (exact) mass is 324 g/mol. The van der Waals surface area contributed by atoms with E-state index in [4.69, 9.17) is 0 Å². The fourth-order valence-electron chi connectivity index (χ4n) is 2.43. The van der Waals surface area contributed by atoms with Gasteiger partial charge in [-0.05, 0) is 26.6 Å². The molecule has 124 valence electrons. The molecule has 1 saturated heterocycles. The molecule has 5 nitrogen and oxygen atoms in total. The van der Waals surface area contributed by atoms with Crippen molar-refractivity contribution in [3.63, 3.8) is 0 Å². The summed E-state index contributed by atoms with van der Waals surface area (Å²) in [5.74, 6) is 0.0945. The third-order valence-corrected chi connectivity index (χ3v) is 4.79. The van der Waals surface area contributed by atoms with Gasteiger partial charge in [0.15, 0.2) is 0 Å². The number of rotatable bonds is 4. The van der Waals surface area contributed by atoms with Gasteiger partial charge in [0.25, 0.3) is 0 Å². The quantitative estimate of drug-likeness (QED) is 0.916. The lowest BCUT2D eigenvalue weighted by Gasteiger charge is -2.19. The van der Waals surface area contributed by atoms with Crippen LogP contribution in [-0.2, 0) is 16.8 Å². The van der Waals surface area contributed by atoms with Gasteiger partial charge in [-0.1, -0.05) is 20.8 Å². The molecule has 1 amide bonds. The van der Waals surface area contributed by atoms with E-state index in [1.807, 2.05) is 0 Å². The standard InChI is InChI=1S/C16H28N4OS/c1-16(2,3)13-12-22-15(18-13)10-17-14(21)11-20-7-5-6-19(4)8-9-20/h12H,5-11H2,1-4H3,(H,17,21). The first-order valence-electron chi connectivity index (χ1n) is 7.97. The molecule has 1 N–H and O–H groups in total. The van der Waals surface area contributed by atoms with E-state index in [0.29, 0.717) is 13.1 Å². The third kappa shape index (κ3) is 5.34. The molecule has 2 rings (SSSR count). The molecule has 0 spiro atoms. The highest BCUT2D eigenvalue weighted by Gasteiger charge is 2.18. The molecule has 0 atom stereocenters. The molecule has 22 heavy (non-hydrogen) atoms. The highest BCUT2D eigenvalue weighted by Crippen LogP contribution is 2.23. The van der Waals surface area contributed by atoms with Gasteiger partial charge in [-0.15, -0.1) is 11.3 Å². The van der Waals surface area contributed by atoms with Crippen molar-refractivity contribution in [2.75, 3.05) is 39.8 Å². The summed E-state index contributed by atoms with van der Waals surface area (Å²) in [4.78, 5) is 21.3. The summed E-state index contributed by atoms with van der Waals surface area (Å²) < 4.78 is 0. The Kier molecular flexibility index (Phi) is 5.94. The summed E-state index contributed by atoms with van der Waals surface area (Å²) in [5.41, 5.74) is 1.16. The lowest BCUT2D eigenvalue weighted by Crippen LogP contribution is -2.38. The van der Waals surface area contributed by atoms with Crippen molar-refractivity contribution in [3.8, 4) is 0 Å². The largest absolute Gasteiger partial charge is 0.348 e. The molecule has 1 aliphatic heterocycles. The number of thiazole rings is 1. The van der Waals surface area contributed by atoms with Gasteiger partial charge in [0, 0.05) is 23.9 Å². The van der Waals surface area contributed by atoms with Crippen LogP contribution in [0.15, 0.2) is 5.38 Å². The highest BCUT2D eigenvalue weighted by atomic mass is 32.1. The Hall–Kier alpha value is -0.980. The molecule has 2 heterocycles. The topological polar surface area (TPSA) is 48.5 Å². The Morgan fingerprint density at radius 1 is 1.32 bits per heavy atom. The summed E-state index contributed by atoms with van der Waals surface area (Å²) in [5, 5.41) is 6.07. The Labute approximate surface area is 137 Å². The Bertz CT molecular complexity index is 495. The molecule has 0 radical (unpaired) electrons. The van der Waals surface area contributed by atoms with Gasteiger partial charge in [-0.2, -0.15) is 0 Å². The molecule has 0 saturated carbocycles. The number of nitrogens with zero attached hydrogens (tertiary/aromatic N) is 3. The molecule has 1 fully saturated rings. The van der Waals surface area contributed by atoms with Crippen LogP contribution in [0.4, 0.5) is 0 Å². The lowest BCUT2D eigenvalue weighted by atomic mass is 9.93. The minimum atomic E-state index is 0.0663. The van der Waals surface area contributed by atoms with E-state index in [0.717, 1.165) is 43.3 Å². The van der Waals surface area contributed by atoms with Gasteiger partial charge in [-0.3, -0.25) is 9.69 Å². The van der Waals surface area contributed by atoms with Crippen molar-refractivity contribution in [3.05, 3.63) is 16.1 Å². The van der Waals surface area contributed by atoms with E-state index in [-0.39, 0.29) is 11.3 Å². The first-order valence-corrected chi connectivity index (χ1v) is 8.85. The van der Waals surface area contributed by atoms with Crippen LogP contribution in [0.25, 0.3) is 0 Å². The van der Waals surface area contributed by atoms with Crippen LogP contribution in [0.3, 0.4) is 0 Å². The smallest absolute Gasteiger partial charge is 0.234 e. The Morgan fingerprint density at radius 2 is 2.09 bits per heavy atom. The second-order valence-corrected chi connectivity index (χ2v) is 8.03. The lowest BCUT2D eigenvalue weighted by molar-refractivity contribution is -0.122. The van der Waals surface area contributed by atoms with Gasteiger partial charge in [0.1, 0.15) is 5.01 Å². The summed E-state index contributed by atoms with van der Waals surface area (Å²) in [6, 6.07) is 0. The SMILES string of the molecule is CN1CCCN(CC(=O)NCc2nc(C(C)(C)C)cs2)CC1. The fourth-order valence-corrected chi connectivity index (χ4v) is 3.39. The molecule has 6 heteroatoms. The molecule has 1 aromatic rings. The van der Waals surface area contributed by atoms with E-state index >= 15 is 0 Å². The maximum absolute atomic E-state index is 12.1. The van der Waals surface area contributed by atoms with Crippen LogP contribution in [0.1, 0.15) is 37.9 Å². The minimum absolute atomic E-state index is 0.0663. The van der Waals surface area contributed by atoms with Crippen molar-refractivity contribution in [2.45, 2.75) is 39.2 Å². The van der Waals surface area contributed by atoms with Crippen molar-refractivity contribution >= 4 is 17.2 Å². The Morgan fingerprint density at radius 3 is 2.77 bits per heavy atom. The summed E-state index contributed by atoms with van der Waals surface area (Å²) in [6.45, 7) is 11.6. The van der Waals surface area contributed by atoms with Crippen LogP contribution in [-0.4, -0.2) is 60.5 Å². The summed E-state index contributed by atoms with van der Waals surface area (Å²) in [7, 11) is 2.14. The van der Waals surface area contributed by atoms with Gasteiger partial charge >= 0.3 is 0 Å². The molecule has 0 unspecified atom stereocenters. The van der Waals surface area contributed by atoms with E-state index in [9.17, 15) is 4.79 Å². The number of likely N-dealkylation sites (N-methyl/N-ethyl adjacent to an activating group) is 1. The number of nitrogens with one attached hydrogen (secondary N) is 1. The number of amides is 1. The molecule has 0 aliphatic carbocycles. The molecule has 0 bridgehead atoms. The van der Waals surface area contributed by atoms with Crippen molar-refractivity contribution < 1.29 is 4.79 Å². The maximum atomic E-state index is 12.1. The predicted molar refractivity (Wildman–Crippen MR) is 91.2 cm³/mol. The first kappa shape index (κ1) is 17.4. The molecular weight excluding hydrogens is 296 g/mol. The highest BCUT2D eigenvalue weighted by molar-refractivity contribution is 7.09. The minimum Gasteiger partial charge on any atom is -0.348 e. The first-order chi connectivity index (χ1) is 10.3.